The van der Waals surface area contributed by atoms with Crippen LogP contribution in [0.3, 0.4) is 0 Å². The summed E-state index contributed by atoms with van der Waals surface area (Å²) in [5.74, 6) is 0.922. The van der Waals surface area contributed by atoms with Crippen LogP contribution in [0, 0.1) is 13.8 Å². The molecule has 4 heteroatoms. The van der Waals surface area contributed by atoms with Crippen LogP contribution in [0.2, 0.25) is 0 Å². The monoisotopic (exact) mass is 245 g/mol. The zero-order chi connectivity index (χ0) is 13.1. The van der Waals surface area contributed by atoms with Crippen LogP contribution in [0.15, 0.2) is 24.7 Å². The second-order valence-electron chi connectivity index (χ2n) is 4.44. The quantitative estimate of drug-likeness (QED) is 0.896. The first-order valence-corrected chi connectivity index (χ1v) is 5.99. The van der Waals surface area contributed by atoms with Crippen molar-refractivity contribution in [2.24, 2.45) is 5.73 Å². The van der Waals surface area contributed by atoms with Crippen molar-refractivity contribution in [1.29, 1.82) is 0 Å². The molecule has 2 N–H and O–H groups in total. The molecule has 0 bridgehead atoms. The molecule has 0 aromatic carbocycles. The molecule has 0 amide bonds. The normalized spacial score (nSPS) is 10.7. The number of aromatic nitrogens is 2. The Hall–Kier alpha value is -1.81. The van der Waals surface area contributed by atoms with Crippen molar-refractivity contribution >= 4 is 0 Å². The smallest absolute Gasteiger partial charge is 0.128 e. The Labute approximate surface area is 107 Å². The topological polar surface area (TPSA) is 53.1 Å². The molecule has 0 aliphatic rings. The molecule has 0 radical (unpaired) electrons. The summed E-state index contributed by atoms with van der Waals surface area (Å²) in [4.78, 5) is 4.48. The lowest BCUT2D eigenvalue weighted by molar-refractivity contribution is 0.406. The van der Waals surface area contributed by atoms with Gasteiger partial charge in [-0.2, -0.15) is 0 Å². The third-order valence-corrected chi connectivity index (χ3v) is 3.13. The Morgan fingerprint density at radius 2 is 2.17 bits per heavy atom. The molecule has 0 saturated carbocycles. The number of rotatable bonds is 4. The lowest BCUT2D eigenvalue weighted by Gasteiger charge is -2.12. The van der Waals surface area contributed by atoms with Crippen molar-refractivity contribution in [3.8, 4) is 5.75 Å². The summed E-state index contributed by atoms with van der Waals surface area (Å²) in [5.41, 5.74) is 9.92. The van der Waals surface area contributed by atoms with Gasteiger partial charge in [0.1, 0.15) is 5.75 Å². The van der Waals surface area contributed by atoms with Crippen molar-refractivity contribution in [2.75, 3.05) is 7.11 Å². The molecule has 0 saturated heterocycles. The van der Waals surface area contributed by atoms with E-state index in [1.165, 1.54) is 0 Å². The summed E-state index contributed by atoms with van der Waals surface area (Å²) in [6.07, 6.45) is 5.93. The van der Waals surface area contributed by atoms with Crippen LogP contribution in [0.25, 0.3) is 0 Å². The number of nitrogens with zero attached hydrogens (tertiary/aromatic N) is 2. The largest absolute Gasteiger partial charge is 0.496 e. The van der Waals surface area contributed by atoms with Gasteiger partial charge in [-0.3, -0.25) is 4.98 Å². The van der Waals surface area contributed by atoms with E-state index in [1.54, 1.807) is 7.11 Å². The Balaban J connectivity index is 2.29. The van der Waals surface area contributed by atoms with Crippen molar-refractivity contribution in [3.05, 3.63) is 47.0 Å². The molecule has 0 aliphatic carbocycles. The van der Waals surface area contributed by atoms with Crippen LogP contribution in [0.4, 0.5) is 0 Å². The highest BCUT2D eigenvalue weighted by Gasteiger charge is 2.09. The molecular formula is C14H19N3O. The molecule has 18 heavy (non-hydrogen) atoms. The lowest BCUT2D eigenvalue weighted by atomic mass is 10.1. The molecule has 0 unspecified atom stereocenters. The van der Waals surface area contributed by atoms with Crippen LogP contribution >= 0.6 is 0 Å². The number of ether oxygens (including phenoxy) is 1. The van der Waals surface area contributed by atoms with Crippen molar-refractivity contribution in [1.82, 2.24) is 9.55 Å². The average Bonchev–Trinajstić information content (AvgIpc) is 2.81. The minimum absolute atomic E-state index is 0.566. The first kappa shape index (κ1) is 12.6. The standard InChI is InChI=1S/C14H19N3O/c1-10-7-16-13(11(2)14(10)18-3)9-17-5-4-12(6-15)8-17/h4-5,7-8H,6,9,15H2,1-3H3. The third-order valence-electron chi connectivity index (χ3n) is 3.13. The van der Waals surface area contributed by atoms with Gasteiger partial charge in [0.15, 0.2) is 0 Å². The van der Waals surface area contributed by atoms with E-state index in [4.69, 9.17) is 10.5 Å². The minimum atomic E-state index is 0.566. The molecule has 0 spiro atoms. The molecule has 2 aromatic rings. The molecule has 96 valence electrons. The number of hydrogen-bond acceptors (Lipinski definition) is 3. The minimum Gasteiger partial charge on any atom is -0.496 e. The van der Waals surface area contributed by atoms with Gasteiger partial charge >= 0.3 is 0 Å². The molecular weight excluding hydrogens is 226 g/mol. The van der Waals surface area contributed by atoms with E-state index >= 15 is 0 Å². The molecule has 0 aliphatic heterocycles. The highest BCUT2D eigenvalue weighted by molar-refractivity contribution is 5.41. The first-order valence-electron chi connectivity index (χ1n) is 5.99. The van der Waals surface area contributed by atoms with E-state index in [2.05, 4.69) is 9.55 Å². The van der Waals surface area contributed by atoms with Crippen molar-refractivity contribution in [2.45, 2.75) is 26.9 Å². The fraction of sp³-hybridized carbons (Fsp3) is 0.357. The Kier molecular flexibility index (Phi) is 3.67. The first-order chi connectivity index (χ1) is 8.65. The maximum Gasteiger partial charge on any atom is 0.128 e. The zero-order valence-corrected chi connectivity index (χ0v) is 11.1. The molecule has 0 atom stereocenters. The maximum atomic E-state index is 5.60. The second-order valence-corrected chi connectivity index (χ2v) is 4.44. The summed E-state index contributed by atoms with van der Waals surface area (Å²) in [7, 11) is 1.70. The predicted molar refractivity (Wildman–Crippen MR) is 71.7 cm³/mol. The van der Waals surface area contributed by atoms with E-state index in [0.717, 1.165) is 34.7 Å². The zero-order valence-electron chi connectivity index (χ0n) is 11.1. The van der Waals surface area contributed by atoms with E-state index in [-0.39, 0.29) is 0 Å². The summed E-state index contributed by atoms with van der Waals surface area (Å²) in [6, 6.07) is 2.03. The highest BCUT2D eigenvalue weighted by Crippen LogP contribution is 2.24. The van der Waals surface area contributed by atoms with Crippen molar-refractivity contribution < 1.29 is 4.74 Å². The van der Waals surface area contributed by atoms with Gasteiger partial charge in [0.25, 0.3) is 0 Å². The van der Waals surface area contributed by atoms with Gasteiger partial charge in [-0.25, -0.2) is 0 Å². The van der Waals surface area contributed by atoms with E-state index in [0.29, 0.717) is 6.54 Å². The van der Waals surface area contributed by atoms with E-state index in [9.17, 15) is 0 Å². The number of aryl methyl sites for hydroxylation is 1. The Morgan fingerprint density at radius 3 is 2.78 bits per heavy atom. The van der Waals surface area contributed by atoms with Crippen molar-refractivity contribution in [3.63, 3.8) is 0 Å². The number of pyridine rings is 1. The molecule has 2 aromatic heterocycles. The molecule has 4 nitrogen and oxygen atoms in total. The lowest BCUT2D eigenvalue weighted by Crippen LogP contribution is -2.05. The van der Waals surface area contributed by atoms with Crippen LogP contribution in [-0.2, 0) is 13.1 Å². The van der Waals surface area contributed by atoms with Crippen LogP contribution in [0.1, 0.15) is 22.4 Å². The average molecular weight is 245 g/mol. The summed E-state index contributed by atoms with van der Waals surface area (Å²) in [5, 5.41) is 0. The molecule has 0 fully saturated rings. The molecule has 2 rings (SSSR count). The van der Waals surface area contributed by atoms with Gasteiger partial charge in [-0.1, -0.05) is 0 Å². The van der Waals surface area contributed by atoms with Crippen LogP contribution in [-0.4, -0.2) is 16.7 Å². The number of nitrogens with two attached hydrogens (primary N) is 1. The third kappa shape index (κ3) is 2.38. The van der Waals surface area contributed by atoms with Gasteiger partial charge in [0.2, 0.25) is 0 Å². The SMILES string of the molecule is COc1c(C)cnc(Cn2ccc(CN)c2)c1C. The van der Waals surface area contributed by atoms with Gasteiger partial charge < -0.3 is 15.0 Å². The molecule has 2 heterocycles. The number of methoxy groups -OCH3 is 1. The summed E-state index contributed by atoms with van der Waals surface area (Å²) in [6.45, 7) is 5.35. The highest BCUT2D eigenvalue weighted by atomic mass is 16.5. The summed E-state index contributed by atoms with van der Waals surface area (Å²) < 4.78 is 7.50. The van der Waals surface area contributed by atoms with Gasteiger partial charge in [0.05, 0.1) is 19.3 Å². The second kappa shape index (κ2) is 5.23. The van der Waals surface area contributed by atoms with Gasteiger partial charge in [0, 0.05) is 36.3 Å². The fourth-order valence-corrected chi connectivity index (χ4v) is 2.11. The fourth-order valence-electron chi connectivity index (χ4n) is 2.11. The van der Waals surface area contributed by atoms with E-state index in [1.807, 2.05) is 38.5 Å². The van der Waals surface area contributed by atoms with Gasteiger partial charge in [-0.05, 0) is 25.5 Å². The predicted octanol–water partition coefficient (Wildman–Crippen LogP) is 2.02. The Bertz CT molecular complexity index is 546. The van der Waals surface area contributed by atoms with Crippen LogP contribution < -0.4 is 10.5 Å². The summed E-state index contributed by atoms with van der Waals surface area (Å²) >= 11 is 0. The van der Waals surface area contributed by atoms with Gasteiger partial charge in [-0.15, -0.1) is 0 Å². The van der Waals surface area contributed by atoms with E-state index < -0.39 is 0 Å². The Morgan fingerprint density at radius 1 is 1.39 bits per heavy atom. The number of hydrogen-bond donors (Lipinski definition) is 1. The maximum absolute atomic E-state index is 5.60. The van der Waals surface area contributed by atoms with Crippen LogP contribution in [0.5, 0.6) is 5.75 Å².